The van der Waals surface area contributed by atoms with Crippen LogP contribution in [0.25, 0.3) is 11.5 Å². The Morgan fingerprint density at radius 3 is 2.61 bits per heavy atom. The molecule has 0 saturated carbocycles. The Hall–Kier alpha value is -3.09. The summed E-state index contributed by atoms with van der Waals surface area (Å²) in [6.07, 6.45) is 2.92. The molecule has 2 heterocycles. The molecular formula is C16H15N3O4. The molecule has 7 heteroatoms. The highest BCUT2D eigenvalue weighted by Gasteiger charge is 2.06. The fourth-order valence-corrected chi connectivity index (χ4v) is 2.07. The highest BCUT2D eigenvalue weighted by molar-refractivity contribution is 5.49. The van der Waals surface area contributed by atoms with E-state index >= 15 is 0 Å². The zero-order valence-corrected chi connectivity index (χ0v) is 12.5. The van der Waals surface area contributed by atoms with E-state index in [-0.39, 0.29) is 5.56 Å². The van der Waals surface area contributed by atoms with Crippen molar-refractivity contribution in [3.8, 4) is 23.0 Å². The first-order chi connectivity index (χ1) is 11.3. The molecule has 0 fully saturated rings. The number of ether oxygens (including phenoxy) is 2. The van der Waals surface area contributed by atoms with Gasteiger partial charge < -0.3 is 18.5 Å². The summed E-state index contributed by atoms with van der Waals surface area (Å²) in [6.45, 7) is 0.770. The lowest BCUT2D eigenvalue weighted by molar-refractivity contribution is 0.296. The second kappa shape index (κ2) is 6.78. The van der Waals surface area contributed by atoms with Gasteiger partial charge in [0.05, 0.1) is 19.2 Å². The van der Waals surface area contributed by atoms with E-state index in [4.69, 9.17) is 13.9 Å². The standard InChI is InChI=1S/C16H15N3O4/c1-21-13-3-5-14(6-4-13)22-9-8-19-10-12(2-7-15(19)20)16-18-17-11-23-16/h2-7,10-11H,8-9H2,1H3. The molecule has 3 aromatic rings. The van der Waals surface area contributed by atoms with E-state index in [0.29, 0.717) is 30.4 Å². The number of nitrogens with zero attached hydrogens (tertiary/aromatic N) is 3. The number of benzene rings is 1. The van der Waals surface area contributed by atoms with Crippen molar-refractivity contribution in [3.63, 3.8) is 0 Å². The van der Waals surface area contributed by atoms with Crippen LogP contribution in [-0.2, 0) is 6.54 Å². The molecule has 7 nitrogen and oxygen atoms in total. The summed E-state index contributed by atoms with van der Waals surface area (Å²) in [5, 5.41) is 7.45. The molecule has 0 aliphatic rings. The molecule has 0 N–H and O–H groups in total. The minimum absolute atomic E-state index is 0.119. The molecule has 0 saturated heterocycles. The Kier molecular flexibility index (Phi) is 4.37. The Morgan fingerprint density at radius 2 is 1.91 bits per heavy atom. The van der Waals surface area contributed by atoms with Crippen LogP contribution in [0, 0.1) is 0 Å². The number of rotatable bonds is 6. The number of aromatic nitrogens is 3. The topological polar surface area (TPSA) is 79.4 Å². The normalized spacial score (nSPS) is 10.5. The largest absolute Gasteiger partial charge is 0.497 e. The highest BCUT2D eigenvalue weighted by atomic mass is 16.5. The van der Waals surface area contributed by atoms with Crippen molar-refractivity contribution in [1.82, 2.24) is 14.8 Å². The third-order valence-corrected chi connectivity index (χ3v) is 3.25. The molecule has 0 spiro atoms. The SMILES string of the molecule is COc1ccc(OCCn2cc(-c3nnco3)ccc2=O)cc1. The van der Waals surface area contributed by atoms with Crippen molar-refractivity contribution >= 4 is 0 Å². The van der Waals surface area contributed by atoms with Crippen LogP contribution in [0.1, 0.15) is 0 Å². The second-order valence-electron chi connectivity index (χ2n) is 4.72. The summed E-state index contributed by atoms with van der Waals surface area (Å²) in [7, 11) is 1.61. The maximum atomic E-state index is 11.9. The van der Waals surface area contributed by atoms with Crippen LogP contribution < -0.4 is 15.0 Å². The lowest BCUT2D eigenvalue weighted by Gasteiger charge is -2.09. The Labute approximate surface area is 132 Å². The van der Waals surface area contributed by atoms with Crippen LogP contribution in [0.2, 0.25) is 0 Å². The van der Waals surface area contributed by atoms with Gasteiger partial charge in [-0.15, -0.1) is 10.2 Å². The predicted octanol–water partition coefficient (Wildman–Crippen LogP) is 1.99. The molecular weight excluding hydrogens is 298 g/mol. The van der Waals surface area contributed by atoms with Crippen molar-refractivity contribution in [2.75, 3.05) is 13.7 Å². The lowest BCUT2D eigenvalue weighted by Crippen LogP contribution is -2.21. The van der Waals surface area contributed by atoms with E-state index in [0.717, 1.165) is 5.75 Å². The maximum Gasteiger partial charge on any atom is 0.250 e. The molecule has 0 bridgehead atoms. The molecule has 0 radical (unpaired) electrons. The molecule has 0 amide bonds. The molecule has 118 valence electrons. The van der Waals surface area contributed by atoms with Crippen LogP contribution in [0.4, 0.5) is 0 Å². The number of hydrogen-bond donors (Lipinski definition) is 0. The average molecular weight is 313 g/mol. The Bertz CT molecular complexity index is 810. The van der Waals surface area contributed by atoms with E-state index in [1.807, 2.05) is 24.3 Å². The predicted molar refractivity (Wildman–Crippen MR) is 82.5 cm³/mol. The molecule has 0 aliphatic heterocycles. The van der Waals surface area contributed by atoms with Crippen LogP contribution in [0.15, 0.2) is 58.2 Å². The first kappa shape index (κ1) is 14.8. The Morgan fingerprint density at radius 1 is 1.13 bits per heavy atom. The molecule has 0 aliphatic carbocycles. The summed E-state index contributed by atoms with van der Waals surface area (Å²) >= 11 is 0. The van der Waals surface area contributed by atoms with Gasteiger partial charge in [-0.1, -0.05) is 0 Å². The van der Waals surface area contributed by atoms with Crippen LogP contribution in [-0.4, -0.2) is 28.5 Å². The first-order valence-corrected chi connectivity index (χ1v) is 7.00. The van der Waals surface area contributed by atoms with Gasteiger partial charge in [0.2, 0.25) is 12.3 Å². The van der Waals surface area contributed by atoms with Crippen molar-refractivity contribution < 1.29 is 13.9 Å². The van der Waals surface area contributed by atoms with Crippen molar-refractivity contribution in [1.29, 1.82) is 0 Å². The zero-order chi connectivity index (χ0) is 16.1. The monoisotopic (exact) mass is 313 g/mol. The fraction of sp³-hybridized carbons (Fsp3) is 0.188. The van der Waals surface area contributed by atoms with Gasteiger partial charge in [0, 0.05) is 12.3 Å². The molecule has 0 atom stereocenters. The number of methoxy groups -OCH3 is 1. The second-order valence-corrected chi connectivity index (χ2v) is 4.72. The minimum Gasteiger partial charge on any atom is -0.497 e. The number of hydrogen-bond acceptors (Lipinski definition) is 6. The maximum absolute atomic E-state index is 11.9. The van der Waals surface area contributed by atoms with E-state index in [1.165, 1.54) is 12.5 Å². The average Bonchev–Trinajstić information content (AvgIpc) is 3.12. The summed E-state index contributed by atoms with van der Waals surface area (Å²) in [5.74, 6) is 1.85. The van der Waals surface area contributed by atoms with E-state index < -0.39 is 0 Å². The van der Waals surface area contributed by atoms with Crippen LogP contribution >= 0.6 is 0 Å². The van der Waals surface area contributed by atoms with Crippen molar-refractivity contribution in [2.24, 2.45) is 0 Å². The minimum atomic E-state index is -0.119. The molecule has 3 rings (SSSR count). The molecule has 1 aromatic carbocycles. The molecule has 2 aromatic heterocycles. The highest BCUT2D eigenvalue weighted by Crippen LogP contribution is 2.17. The first-order valence-electron chi connectivity index (χ1n) is 7.00. The third kappa shape index (κ3) is 3.57. The van der Waals surface area contributed by atoms with Gasteiger partial charge in [-0.2, -0.15) is 0 Å². The van der Waals surface area contributed by atoms with Gasteiger partial charge in [0.15, 0.2) is 0 Å². The van der Waals surface area contributed by atoms with Gasteiger partial charge in [-0.25, -0.2) is 0 Å². The summed E-state index contributed by atoms with van der Waals surface area (Å²) in [6, 6.07) is 10.4. The third-order valence-electron chi connectivity index (χ3n) is 3.25. The fourth-order valence-electron chi connectivity index (χ4n) is 2.07. The summed E-state index contributed by atoms with van der Waals surface area (Å²) < 4.78 is 17.4. The van der Waals surface area contributed by atoms with E-state index in [1.54, 1.807) is 23.9 Å². The van der Waals surface area contributed by atoms with Crippen molar-refractivity contribution in [3.05, 3.63) is 59.3 Å². The van der Waals surface area contributed by atoms with E-state index in [9.17, 15) is 4.79 Å². The summed E-state index contributed by atoms with van der Waals surface area (Å²) in [5.41, 5.74) is 0.568. The van der Waals surface area contributed by atoms with Crippen molar-refractivity contribution in [2.45, 2.75) is 6.54 Å². The summed E-state index contributed by atoms with van der Waals surface area (Å²) in [4.78, 5) is 11.9. The number of pyridine rings is 1. The molecule has 23 heavy (non-hydrogen) atoms. The van der Waals surface area contributed by atoms with E-state index in [2.05, 4.69) is 10.2 Å². The zero-order valence-electron chi connectivity index (χ0n) is 12.5. The van der Waals surface area contributed by atoms with Gasteiger partial charge in [0.1, 0.15) is 18.1 Å². The van der Waals surface area contributed by atoms with Gasteiger partial charge in [-0.3, -0.25) is 4.79 Å². The van der Waals surface area contributed by atoms with Gasteiger partial charge in [-0.05, 0) is 30.3 Å². The van der Waals surface area contributed by atoms with Crippen LogP contribution in [0.3, 0.4) is 0 Å². The quantitative estimate of drug-likeness (QED) is 0.692. The van der Waals surface area contributed by atoms with Gasteiger partial charge in [0.25, 0.3) is 5.56 Å². The lowest BCUT2D eigenvalue weighted by atomic mass is 10.3. The van der Waals surface area contributed by atoms with Gasteiger partial charge >= 0.3 is 0 Å². The van der Waals surface area contributed by atoms with Crippen LogP contribution in [0.5, 0.6) is 11.5 Å². The Balaban J connectivity index is 1.65. The smallest absolute Gasteiger partial charge is 0.250 e. The molecule has 0 unspecified atom stereocenters.